The zero-order chi connectivity index (χ0) is 13.9. The zero-order valence-electron chi connectivity index (χ0n) is 12.1. The second-order valence-corrected chi connectivity index (χ2v) is 5.53. The number of nitrogens with zero attached hydrogens (tertiary/aromatic N) is 1. The highest BCUT2D eigenvalue weighted by Gasteiger charge is 2.33. The van der Waals surface area contributed by atoms with Crippen molar-refractivity contribution in [2.24, 2.45) is 10.9 Å². The van der Waals surface area contributed by atoms with Crippen LogP contribution in [0.2, 0.25) is 0 Å². The van der Waals surface area contributed by atoms with Crippen LogP contribution in [-0.4, -0.2) is 19.0 Å². The number of guanidine groups is 1. The largest absolute Gasteiger partial charge is 0.353 e. The predicted molar refractivity (Wildman–Crippen MR) is 84.9 cm³/mol. The molecular formula is C17H21N3. The van der Waals surface area contributed by atoms with Gasteiger partial charge in [-0.1, -0.05) is 49.4 Å². The van der Waals surface area contributed by atoms with Crippen LogP contribution in [0.25, 0.3) is 10.8 Å². The summed E-state index contributed by atoms with van der Waals surface area (Å²) < 4.78 is 0. The van der Waals surface area contributed by atoms with Crippen LogP contribution in [0.15, 0.2) is 47.5 Å². The third-order valence-electron chi connectivity index (χ3n) is 3.98. The molecule has 2 atom stereocenters. The number of hydrogen-bond acceptors (Lipinski definition) is 1. The number of rotatable bonds is 3. The minimum atomic E-state index is 0.591. The first-order chi connectivity index (χ1) is 9.78. The molecule has 0 radical (unpaired) electrons. The summed E-state index contributed by atoms with van der Waals surface area (Å²) in [6.45, 7) is 3.05. The van der Waals surface area contributed by atoms with Gasteiger partial charge in [0.25, 0.3) is 0 Å². The molecular weight excluding hydrogens is 246 g/mol. The van der Waals surface area contributed by atoms with E-state index >= 15 is 0 Å². The number of hydrogen-bond donors (Lipinski definition) is 2. The van der Waals surface area contributed by atoms with Gasteiger partial charge in [0.15, 0.2) is 5.96 Å². The van der Waals surface area contributed by atoms with Gasteiger partial charge in [0, 0.05) is 19.6 Å². The molecule has 1 fully saturated rings. The molecule has 2 aromatic carbocycles. The normalized spacial score (nSPS) is 21.8. The molecule has 1 aliphatic rings. The summed E-state index contributed by atoms with van der Waals surface area (Å²) in [6.07, 6.45) is 1.25. The molecule has 0 saturated heterocycles. The van der Waals surface area contributed by atoms with E-state index in [1.165, 1.54) is 22.8 Å². The lowest BCUT2D eigenvalue weighted by atomic mass is 10.0. The Morgan fingerprint density at radius 2 is 1.95 bits per heavy atom. The van der Waals surface area contributed by atoms with Crippen LogP contribution in [0.1, 0.15) is 18.9 Å². The molecule has 2 unspecified atom stereocenters. The Hall–Kier alpha value is -2.03. The second-order valence-electron chi connectivity index (χ2n) is 5.53. The van der Waals surface area contributed by atoms with Crippen molar-refractivity contribution < 1.29 is 0 Å². The van der Waals surface area contributed by atoms with Gasteiger partial charge in [-0.05, 0) is 28.7 Å². The van der Waals surface area contributed by atoms with Gasteiger partial charge in [0.2, 0.25) is 0 Å². The van der Waals surface area contributed by atoms with Gasteiger partial charge in [0.1, 0.15) is 0 Å². The molecule has 104 valence electrons. The van der Waals surface area contributed by atoms with E-state index in [9.17, 15) is 0 Å². The highest BCUT2D eigenvalue weighted by molar-refractivity contribution is 5.86. The summed E-state index contributed by atoms with van der Waals surface area (Å²) in [4.78, 5) is 4.29. The lowest BCUT2D eigenvalue weighted by molar-refractivity contribution is 0.765. The first-order valence-electron chi connectivity index (χ1n) is 7.22. The van der Waals surface area contributed by atoms with Crippen molar-refractivity contribution in [2.75, 3.05) is 7.05 Å². The summed E-state index contributed by atoms with van der Waals surface area (Å²) >= 11 is 0. The first-order valence-corrected chi connectivity index (χ1v) is 7.22. The Kier molecular flexibility index (Phi) is 3.59. The summed E-state index contributed by atoms with van der Waals surface area (Å²) in [6, 6.07) is 15.5. The highest BCUT2D eigenvalue weighted by Crippen LogP contribution is 2.28. The van der Waals surface area contributed by atoms with Gasteiger partial charge in [0.05, 0.1) is 0 Å². The number of benzene rings is 2. The third-order valence-corrected chi connectivity index (χ3v) is 3.98. The van der Waals surface area contributed by atoms with Crippen molar-refractivity contribution in [1.29, 1.82) is 0 Å². The molecule has 0 amide bonds. The van der Waals surface area contributed by atoms with Crippen LogP contribution in [0, 0.1) is 5.92 Å². The predicted octanol–water partition coefficient (Wildman–Crippen LogP) is 2.91. The number of nitrogens with one attached hydrogen (secondary N) is 2. The van der Waals surface area contributed by atoms with E-state index in [2.05, 4.69) is 65.0 Å². The van der Waals surface area contributed by atoms with E-state index in [0.717, 1.165) is 18.4 Å². The van der Waals surface area contributed by atoms with Gasteiger partial charge in [-0.15, -0.1) is 0 Å². The number of fused-ring (bicyclic) bond motifs is 1. The Morgan fingerprint density at radius 1 is 1.20 bits per heavy atom. The molecule has 3 heteroatoms. The molecule has 0 aliphatic heterocycles. The van der Waals surface area contributed by atoms with Crippen LogP contribution >= 0.6 is 0 Å². The summed E-state index contributed by atoms with van der Waals surface area (Å²) in [5.41, 5.74) is 1.30. The molecule has 0 spiro atoms. The molecule has 1 saturated carbocycles. The lowest BCUT2D eigenvalue weighted by Crippen LogP contribution is -2.38. The van der Waals surface area contributed by atoms with Crippen molar-refractivity contribution >= 4 is 16.7 Å². The Balaban J connectivity index is 1.70. The molecule has 1 aliphatic carbocycles. The molecule has 0 heterocycles. The van der Waals surface area contributed by atoms with E-state index in [4.69, 9.17) is 0 Å². The van der Waals surface area contributed by atoms with E-state index < -0.39 is 0 Å². The van der Waals surface area contributed by atoms with E-state index in [-0.39, 0.29) is 0 Å². The van der Waals surface area contributed by atoms with Gasteiger partial charge in [-0.25, -0.2) is 0 Å². The molecule has 3 rings (SSSR count). The molecule has 0 bridgehead atoms. The van der Waals surface area contributed by atoms with Crippen LogP contribution in [-0.2, 0) is 6.54 Å². The highest BCUT2D eigenvalue weighted by atomic mass is 15.2. The van der Waals surface area contributed by atoms with Crippen molar-refractivity contribution in [1.82, 2.24) is 10.6 Å². The van der Waals surface area contributed by atoms with Crippen molar-refractivity contribution in [2.45, 2.75) is 25.9 Å². The van der Waals surface area contributed by atoms with Crippen molar-refractivity contribution in [3.05, 3.63) is 48.0 Å². The lowest BCUT2D eigenvalue weighted by Gasteiger charge is -2.13. The van der Waals surface area contributed by atoms with Gasteiger partial charge in [-0.3, -0.25) is 4.99 Å². The fraction of sp³-hybridized carbons (Fsp3) is 0.353. The Labute approximate surface area is 120 Å². The first kappa shape index (κ1) is 13.0. The van der Waals surface area contributed by atoms with Crippen LogP contribution < -0.4 is 10.6 Å². The zero-order valence-corrected chi connectivity index (χ0v) is 12.1. The maximum absolute atomic E-state index is 4.29. The van der Waals surface area contributed by atoms with Crippen LogP contribution in [0.4, 0.5) is 0 Å². The average molecular weight is 267 g/mol. The molecule has 3 nitrogen and oxygen atoms in total. The fourth-order valence-electron chi connectivity index (χ4n) is 2.52. The van der Waals surface area contributed by atoms with Crippen LogP contribution in [0.3, 0.4) is 0 Å². The Morgan fingerprint density at radius 3 is 2.70 bits per heavy atom. The van der Waals surface area contributed by atoms with Crippen molar-refractivity contribution in [3.8, 4) is 0 Å². The van der Waals surface area contributed by atoms with Gasteiger partial charge >= 0.3 is 0 Å². The smallest absolute Gasteiger partial charge is 0.191 e. The van der Waals surface area contributed by atoms with E-state index in [1.54, 1.807) is 0 Å². The average Bonchev–Trinajstić information content (AvgIpc) is 3.18. The fourth-order valence-corrected chi connectivity index (χ4v) is 2.52. The maximum atomic E-state index is 4.29. The van der Waals surface area contributed by atoms with E-state index in [1.807, 2.05) is 7.05 Å². The molecule has 2 aromatic rings. The van der Waals surface area contributed by atoms with Gasteiger partial charge in [-0.2, -0.15) is 0 Å². The standard InChI is InChI=1S/C17H21N3/c1-12-10-16(12)20-17(18-2)19-11-14-8-5-7-13-6-3-4-9-15(13)14/h3-9,12,16H,10-11H2,1-2H3,(H2,18,19,20). The molecule has 2 N–H and O–H groups in total. The van der Waals surface area contributed by atoms with E-state index in [0.29, 0.717) is 6.04 Å². The van der Waals surface area contributed by atoms with Crippen LogP contribution in [0.5, 0.6) is 0 Å². The summed E-state index contributed by atoms with van der Waals surface area (Å²) in [5, 5.41) is 9.44. The Bertz CT molecular complexity index is 628. The third kappa shape index (κ3) is 2.77. The quantitative estimate of drug-likeness (QED) is 0.662. The second kappa shape index (κ2) is 5.53. The summed E-state index contributed by atoms with van der Waals surface area (Å²) in [7, 11) is 1.82. The minimum absolute atomic E-state index is 0.591. The minimum Gasteiger partial charge on any atom is -0.353 e. The topological polar surface area (TPSA) is 36.4 Å². The number of aliphatic imine (C=N–C) groups is 1. The monoisotopic (exact) mass is 267 g/mol. The van der Waals surface area contributed by atoms with Crippen molar-refractivity contribution in [3.63, 3.8) is 0 Å². The summed E-state index contributed by atoms with van der Waals surface area (Å²) in [5.74, 6) is 1.67. The SMILES string of the molecule is CN=C(NCc1cccc2ccccc12)NC1CC1C. The van der Waals surface area contributed by atoms with Gasteiger partial charge < -0.3 is 10.6 Å². The maximum Gasteiger partial charge on any atom is 0.191 e. The molecule has 0 aromatic heterocycles. The molecule has 20 heavy (non-hydrogen) atoms.